The predicted molar refractivity (Wildman–Crippen MR) is 153 cm³/mol. The summed E-state index contributed by atoms with van der Waals surface area (Å²) in [4.78, 5) is 24.7. The summed E-state index contributed by atoms with van der Waals surface area (Å²) in [5.74, 6) is 0.364. The van der Waals surface area contributed by atoms with Crippen LogP contribution in [0.4, 0.5) is 11.4 Å². The van der Waals surface area contributed by atoms with Gasteiger partial charge in [-0.3, -0.25) is 14.9 Å². The van der Waals surface area contributed by atoms with Crippen molar-refractivity contribution in [2.24, 2.45) is 0 Å². The minimum Gasteiger partial charge on any atom is -0.457 e. The van der Waals surface area contributed by atoms with Crippen LogP contribution in [0.2, 0.25) is 10.0 Å². The van der Waals surface area contributed by atoms with Crippen LogP contribution >= 0.6 is 35.4 Å². The van der Waals surface area contributed by atoms with E-state index >= 15 is 0 Å². The molecule has 3 N–H and O–H groups in total. The zero-order chi connectivity index (χ0) is 26.4. The van der Waals surface area contributed by atoms with Crippen LogP contribution in [0.1, 0.15) is 21.7 Å². The van der Waals surface area contributed by atoms with Crippen LogP contribution in [-0.2, 0) is 4.79 Å². The smallest absolute Gasteiger partial charge is 0.255 e. The minimum absolute atomic E-state index is 0.122. The Kier molecular flexibility index (Phi) is 8.40. The minimum atomic E-state index is -0.432. The lowest BCUT2D eigenvalue weighted by atomic mass is 10.1. The number of anilines is 2. The van der Waals surface area contributed by atoms with E-state index in [1.54, 1.807) is 60.7 Å². The molecule has 37 heavy (non-hydrogen) atoms. The molecule has 0 aliphatic carbocycles. The fourth-order valence-corrected chi connectivity index (χ4v) is 3.99. The average molecular weight is 550 g/mol. The number of halogens is 2. The Balaban J connectivity index is 1.29. The van der Waals surface area contributed by atoms with Crippen molar-refractivity contribution in [1.82, 2.24) is 5.32 Å². The molecule has 0 unspecified atom stereocenters. The van der Waals surface area contributed by atoms with E-state index in [1.165, 1.54) is 12.2 Å². The molecule has 186 valence electrons. The molecule has 0 saturated heterocycles. The van der Waals surface area contributed by atoms with Crippen LogP contribution in [0.5, 0.6) is 0 Å². The summed E-state index contributed by atoms with van der Waals surface area (Å²) in [5.41, 5.74) is 3.53. The van der Waals surface area contributed by atoms with Gasteiger partial charge in [-0.15, -0.1) is 0 Å². The molecule has 0 fully saturated rings. The van der Waals surface area contributed by atoms with Crippen LogP contribution < -0.4 is 16.0 Å². The van der Waals surface area contributed by atoms with Crippen molar-refractivity contribution >= 4 is 69.8 Å². The lowest BCUT2D eigenvalue weighted by Crippen LogP contribution is -2.32. The number of amides is 2. The van der Waals surface area contributed by atoms with Crippen LogP contribution in [0.25, 0.3) is 17.4 Å². The summed E-state index contributed by atoms with van der Waals surface area (Å²) in [6, 6.07) is 23.0. The van der Waals surface area contributed by atoms with Gasteiger partial charge >= 0.3 is 0 Å². The Bertz CT molecular complexity index is 1500. The zero-order valence-corrected chi connectivity index (χ0v) is 21.9. The van der Waals surface area contributed by atoms with Gasteiger partial charge in [-0.05, 0) is 85.9 Å². The molecule has 6 nitrogen and oxygen atoms in total. The normalized spacial score (nSPS) is 10.8. The highest BCUT2D eigenvalue weighted by Crippen LogP contribution is 2.34. The van der Waals surface area contributed by atoms with E-state index in [4.69, 9.17) is 39.8 Å². The molecule has 0 radical (unpaired) electrons. The number of carbonyl (C=O) groups excluding carboxylic acids is 2. The van der Waals surface area contributed by atoms with Gasteiger partial charge in [0.2, 0.25) is 5.91 Å². The molecule has 2 amide bonds. The second kappa shape index (κ2) is 11.9. The van der Waals surface area contributed by atoms with E-state index in [1.807, 2.05) is 25.1 Å². The molecule has 3 aromatic carbocycles. The standard InChI is InChI=1S/C28H21Cl2N3O3S/c1-17-4-2-5-18(16-17)27(35)31-19-8-10-20(11-9-19)32-28(37)33-25(34)15-13-21-12-14-24(36-21)22-6-3-7-23(29)26(22)30/h2-16H,1H3,(H,31,35)(H2,32,33,34,37). The first kappa shape index (κ1) is 26.2. The van der Waals surface area contributed by atoms with Gasteiger partial charge in [0.25, 0.3) is 5.91 Å². The summed E-state index contributed by atoms with van der Waals surface area (Å²) in [6.07, 6.45) is 2.83. The van der Waals surface area contributed by atoms with Crippen LogP contribution in [0.15, 0.2) is 89.4 Å². The van der Waals surface area contributed by atoms with Gasteiger partial charge in [0.1, 0.15) is 11.5 Å². The molecular formula is C28H21Cl2N3O3S. The van der Waals surface area contributed by atoms with E-state index in [0.29, 0.717) is 44.1 Å². The maximum Gasteiger partial charge on any atom is 0.255 e. The molecule has 1 aromatic heterocycles. The Morgan fingerprint density at radius 2 is 1.59 bits per heavy atom. The molecule has 0 spiro atoms. The number of rotatable bonds is 6. The fourth-order valence-electron chi connectivity index (χ4n) is 3.38. The highest BCUT2D eigenvalue weighted by molar-refractivity contribution is 7.80. The molecular weight excluding hydrogens is 529 g/mol. The lowest BCUT2D eigenvalue weighted by Gasteiger charge is -2.10. The van der Waals surface area contributed by atoms with E-state index in [-0.39, 0.29) is 11.0 Å². The number of aryl methyl sites for hydroxylation is 1. The topological polar surface area (TPSA) is 83.4 Å². The summed E-state index contributed by atoms with van der Waals surface area (Å²) >= 11 is 17.5. The molecule has 0 aliphatic rings. The second-order valence-corrected chi connectivity index (χ2v) is 9.17. The molecule has 4 aromatic rings. The number of hydrogen-bond donors (Lipinski definition) is 3. The average Bonchev–Trinajstić information content (AvgIpc) is 3.34. The number of nitrogens with one attached hydrogen (secondary N) is 3. The van der Waals surface area contributed by atoms with Gasteiger partial charge in [0.05, 0.1) is 10.0 Å². The van der Waals surface area contributed by atoms with E-state index in [9.17, 15) is 9.59 Å². The van der Waals surface area contributed by atoms with Crippen molar-refractivity contribution in [2.75, 3.05) is 10.6 Å². The van der Waals surface area contributed by atoms with Gasteiger partial charge in [-0.25, -0.2) is 0 Å². The maximum absolute atomic E-state index is 12.4. The van der Waals surface area contributed by atoms with E-state index in [2.05, 4.69) is 16.0 Å². The lowest BCUT2D eigenvalue weighted by molar-refractivity contribution is -0.115. The van der Waals surface area contributed by atoms with E-state index in [0.717, 1.165) is 5.56 Å². The number of hydrogen-bond acceptors (Lipinski definition) is 4. The first-order valence-electron chi connectivity index (χ1n) is 11.1. The highest BCUT2D eigenvalue weighted by Gasteiger charge is 2.11. The number of thiocarbonyl (C=S) groups is 1. The third kappa shape index (κ3) is 7.07. The molecule has 1 heterocycles. The van der Waals surface area contributed by atoms with Crippen LogP contribution in [0.3, 0.4) is 0 Å². The fraction of sp³-hybridized carbons (Fsp3) is 0.0357. The number of carbonyl (C=O) groups is 2. The Hall–Kier alpha value is -3.91. The van der Waals surface area contributed by atoms with Gasteiger partial charge in [-0.2, -0.15) is 0 Å². The van der Waals surface area contributed by atoms with Crippen molar-refractivity contribution in [3.8, 4) is 11.3 Å². The number of benzene rings is 3. The summed E-state index contributed by atoms with van der Waals surface area (Å²) in [7, 11) is 0. The van der Waals surface area contributed by atoms with Crippen molar-refractivity contribution in [1.29, 1.82) is 0 Å². The van der Waals surface area contributed by atoms with Crippen molar-refractivity contribution in [3.63, 3.8) is 0 Å². The van der Waals surface area contributed by atoms with Crippen LogP contribution in [-0.4, -0.2) is 16.9 Å². The number of furan rings is 1. The monoisotopic (exact) mass is 549 g/mol. The highest BCUT2D eigenvalue weighted by atomic mass is 35.5. The van der Waals surface area contributed by atoms with E-state index < -0.39 is 5.91 Å². The van der Waals surface area contributed by atoms with Gasteiger partial charge in [0.15, 0.2) is 5.11 Å². The molecule has 0 atom stereocenters. The molecule has 9 heteroatoms. The maximum atomic E-state index is 12.4. The Labute approximate surface area is 229 Å². The summed E-state index contributed by atoms with van der Waals surface area (Å²) in [6.45, 7) is 1.93. The molecule has 0 aliphatic heterocycles. The third-order valence-electron chi connectivity index (χ3n) is 5.16. The zero-order valence-electron chi connectivity index (χ0n) is 19.5. The van der Waals surface area contributed by atoms with Gasteiger partial charge < -0.3 is 15.1 Å². The summed E-state index contributed by atoms with van der Waals surface area (Å²) < 4.78 is 5.74. The summed E-state index contributed by atoms with van der Waals surface area (Å²) in [5, 5.41) is 9.29. The Morgan fingerprint density at radius 1 is 0.892 bits per heavy atom. The van der Waals surface area contributed by atoms with Crippen molar-refractivity contribution in [2.45, 2.75) is 6.92 Å². The molecule has 0 saturated carbocycles. The van der Waals surface area contributed by atoms with Crippen molar-refractivity contribution < 1.29 is 14.0 Å². The van der Waals surface area contributed by atoms with Gasteiger partial charge in [-0.1, -0.05) is 47.0 Å². The third-order valence-corrected chi connectivity index (χ3v) is 6.18. The quantitative estimate of drug-likeness (QED) is 0.173. The first-order chi connectivity index (χ1) is 17.8. The van der Waals surface area contributed by atoms with Crippen LogP contribution in [0, 0.1) is 6.92 Å². The predicted octanol–water partition coefficient (Wildman–Crippen LogP) is 7.34. The largest absolute Gasteiger partial charge is 0.457 e. The SMILES string of the molecule is Cc1cccc(C(=O)Nc2ccc(NC(=S)NC(=O)C=Cc3ccc(-c4cccc(Cl)c4Cl)o3)cc2)c1. The Morgan fingerprint density at radius 3 is 2.32 bits per heavy atom. The molecule has 0 bridgehead atoms. The van der Waals surface area contributed by atoms with Gasteiger partial charge in [0, 0.05) is 28.6 Å². The first-order valence-corrected chi connectivity index (χ1v) is 12.3. The second-order valence-electron chi connectivity index (χ2n) is 7.98. The van der Waals surface area contributed by atoms with Crippen molar-refractivity contribution in [3.05, 3.63) is 112 Å². The molecule has 4 rings (SSSR count).